The first-order valence-electron chi connectivity index (χ1n) is 6.39. The Balaban J connectivity index is 1.87. The average molecular weight is 271 g/mol. The van der Waals surface area contributed by atoms with Gasteiger partial charge in [0.05, 0.1) is 0 Å². The second-order valence-corrected chi connectivity index (χ2v) is 4.35. The average Bonchev–Trinajstić information content (AvgIpc) is 2.49. The Bertz CT molecular complexity index is 582. The van der Waals surface area contributed by atoms with Gasteiger partial charge in [-0.1, -0.05) is 12.1 Å². The van der Waals surface area contributed by atoms with E-state index < -0.39 is 0 Å². The predicted octanol–water partition coefficient (Wildman–Crippen LogP) is 1.80. The van der Waals surface area contributed by atoms with Crippen molar-refractivity contribution in [2.45, 2.75) is 6.42 Å². The van der Waals surface area contributed by atoms with Gasteiger partial charge in [-0.05, 0) is 36.2 Å². The number of phenols is 1. The van der Waals surface area contributed by atoms with E-state index in [-0.39, 0.29) is 11.7 Å². The second kappa shape index (κ2) is 6.56. The number of hydrogen-bond acceptors (Lipinski definition) is 4. The van der Waals surface area contributed by atoms with Crippen molar-refractivity contribution in [2.75, 3.05) is 18.9 Å². The monoisotopic (exact) mass is 271 g/mol. The van der Waals surface area contributed by atoms with Crippen molar-refractivity contribution in [3.05, 3.63) is 53.9 Å². The van der Waals surface area contributed by atoms with Crippen LogP contribution in [0.3, 0.4) is 0 Å². The van der Waals surface area contributed by atoms with Gasteiger partial charge in [0.2, 0.25) is 0 Å². The third-order valence-electron chi connectivity index (χ3n) is 2.92. The summed E-state index contributed by atoms with van der Waals surface area (Å²) >= 11 is 0. The Labute approximate surface area is 117 Å². The van der Waals surface area contributed by atoms with E-state index in [1.807, 2.05) is 12.1 Å². The van der Waals surface area contributed by atoms with Crippen LogP contribution in [0.25, 0.3) is 0 Å². The molecule has 1 aromatic heterocycles. The number of anilines is 1. The van der Waals surface area contributed by atoms with Crippen LogP contribution in [0.5, 0.6) is 5.75 Å². The number of pyridine rings is 1. The molecule has 0 saturated carbocycles. The minimum absolute atomic E-state index is 0.194. The highest BCUT2D eigenvalue weighted by molar-refractivity contribution is 5.93. The van der Waals surface area contributed by atoms with Crippen LogP contribution in [0.2, 0.25) is 0 Å². The number of phenolic OH excluding ortho intramolecular Hbond substituents is 1. The Morgan fingerprint density at radius 2 is 2.00 bits per heavy atom. The quantitative estimate of drug-likeness (QED) is 0.775. The minimum atomic E-state index is -0.194. The van der Waals surface area contributed by atoms with Gasteiger partial charge in [-0.3, -0.25) is 9.78 Å². The van der Waals surface area contributed by atoms with Crippen LogP contribution in [-0.4, -0.2) is 29.6 Å². The van der Waals surface area contributed by atoms with Gasteiger partial charge < -0.3 is 15.7 Å². The number of aromatic nitrogens is 1. The predicted molar refractivity (Wildman–Crippen MR) is 77.9 cm³/mol. The second-order valence-electron chi connectivity index (χ2n) is 4.35. The molecule has 104 valence electrons. The van der Waals surface area contributed by atoms with Gasteiger partial charge in [-0.2, -0.15) is 0 Å². The Hall–Kier alpha value is -2.56. The standard InChI is InChI=1S/C15H17N3O2/c1-16-12-7-9-17-14(10-12)15(20)18-8-6-11-2-4-13(19)5-3-11/h2-5,7,9-10,19H,6,8H2,1H3,(H,16,17)(H,18,20). The molecule has 0 unspecified atom stereocenters. The summed E-state index contributed by atoms with van der Waals surface area (Å²) in [6.07, 6.45) is 2.30. The molecule has 3 N–H and O–H groups in total. The lowest BCUT2D eigenvalue weighted by atomic mass is 10.1. The van der Waals surface area contributed by atoms with E-state index >= 15 is 0 Å². The van der Waals surface area contributed by atoms with E-state index in [2.05, 4.69) is 15.6 Å². The SMILES string of the molecule is CNc1ccnc(C(=O)NCCc2ccc(O)cc2)c1. The zero-order valence-corrected chi connectivity index (χ0v) is 11.3. The van der Waals surface area contributed by atoms with Gasteiger partial charge in [0, 0.05) is 25.5 Å². The first-order chi connectivity index (χ1) is 9.69. The molecule has 5 heteroatoms. The summed E-state index contributed by atoms with van der Waals surface area (Å²) in [4.78, 5) is 16.0. The number of carbonyl (C=O) groups excluding carboxylic acids is 1. The van der Waals surface area contributed by atoms with Crippen molar-refractivity contribution < 1.29 is 9.90 Å². The van der Waals surface area contributed by atoms with Gasteiger partial charge in [-0.25, -0.2) is 0 Å². The third-order valence-corrected chi connectivity index (χ3v) is 2.92. The summed E-state index contributed by atoms with van der Waals surface area (Å²) in [6.45, 7) is 0.523. The highest BCUT2D eigenvalue weighted by Gasteiger charge is 2.06. The Morgan fingerprint density at radius 3 is 2.70 bits per heavy atom. The van der Waals surface area contributed by atoms with Gasteiger partial charge in [0.1, 0.15) is 11.4 Å². The van der Waals surface area contributed by atoms with Crippen LogP contribution < -0.4 is 10.6 Å². The summed E-state index contributed by atoms with van der Waals surface area (Å²) in [7, 11) is 1.79. The molecule has 0 bridgehead atoms. The molecule has 0 aliphatic carbocycles. The normalized spacial score (nSPS) is 10.1. The summed E-state index contributed by atoms with van der Waals surface area (Å²) in [5, 5.41) is 15.0. The number of carbonyl (C=O) groups is 1. The maximum atomic E-state index is 11.9. The molecule has 0 spiro atoms. The van der Waals surface area contributed by atoms with E-state index in [4.69, 9.17) is 0 Å². The van der Waals surface area contributed by atoms with Gasteiger partial charge in [0.25, 0.3) is 5.91 Å². The highest BCUT2D eigenvalue weighted by atomic mass is 16.3. The molecule has 0 aliphatic rings. The Kier molecular flexibility index (Phi) is 4.55. The molecule has 0 fully saturated rings. The van der Waals surface area contributed by atoms with Crippen molar-refractivity contribution in [2.24, 2.45) is 0 Å². The number of aromatic hydroxyl groups is 1. The lowest BCUT2D eigenvalue weighted by molar-refractivity contribution is 0.0949. The van der Waals surface area contributed by atoms with E-state index in [1.54, 1.807) is 37.5 Å². The van der Waals surface area contributed by atoms with Crippen molar-refractivity contribution in [3.8, 4) is 5.75 Å². The van der Waals surface area contributed by atoms with Crippen LogP contribution >= 0.6 is 0 Å². The molecule has 1 aromatic carbocycles. The summed E-state index contributed by atoms with van der Waals surface area (Å²) in [5.41, 5.74) is 2.30. The molecule has 5 nitrogen and oxygen atoms in total. The van der Waals surface area contributed by atoms with E-state index in [0.29, 0.717) is 18.7 Å². The highest BCUT2D eigenvalue weighted by Crippen LogP contribution is 2.10. The van der Waals surface area contributed by atoms with Crippen molar-refractivity contribution in [1.82, 2.24) is 10.3 Å². The molecule has 2 aromatic rings. The first kappa shape index (κ1) is 13.9. The maximum absolute atomic E-state index is 11.9. The molecule has 2 rings (SSSR count). The largest absolute Gasteiger partial charge is 0.508 e. The molecule has 0 aliphatic heterocycles. The van der Waals surface area contributed by atoms with Gasteiger partial charge in [0.15, 0.2) is 0 Å². The summed E-state index contributed by atoms with van der Waals surface area (Å²) in [6, 6.07) is 10.4. The summed E-state index contributed by atoms with van der Waals surface area (Å²) in [5.74, 6) is 0.0479. The van der Waals surface area contributed by atoms with Gasteiger partial charge >= 0.3 is 0 Å². The molecular formula is C15H17N3O2. The minimum Gasteiger partial charge on any atom is -0.508 e. The number of rotatable bonds is 5. The number of amides is 1. The molecule has 0 radical (unpaired) electrons. The third kappa shape index (κ3) is 3.71. The number of hydrogen-bond donors (Lipinski definition) is 3. The maximum Gasteiger partial charge on any atom is 0.269 e. The lowest BCUT2D eigenvalue weighted by Crippen LogP contribution is -2.26. The zero-order valence-electron chi connectivity index (χ0n) is 11.3. The molecular weight excluding hydrogens is 254 g/mol. The number of nitrogens with zero attached hydrogens (tertiary/aromatic N) is 1. The topological polar surface area (TPSA) is 74.2 Å². The molecule has 20 heavy (non-hydrogen) atoms. The van der Waals surface area contributed by atoms with Crippen LogP contribution in [0.15, 0.2) is 42.6 Å². The van der Waals surface area contributed by atoms with Crippen molar-refractivity contribution in [3.63, 3.8) is 0 Å². The van der Waals surface area contributed by atoms with E-state index in [9.17, 15) is 9.90 Å². The molecule has 1 amide bonds. The molecule has 0 atom stereocenters. The Morgan fingerprint density at radius 1 is 1.25 bits per heavy atom. The molecule has 0 saturated heterocycles. The first-order valence-corrected chi connectivity index (χ1v) is 6.39. The summed E-state index contributed by atoms with van der Waals surface area (Å²) < 4.78 is 0. The van der Waals surface area contributed by atoms with Crippen molar-refractivity contribution in [1.29, 1.82) is 0 Å². The van der Waals surface area contributed by atoms with Crippen LogP contribution in [0, 0.1) is 0 Å². The number of nitrogens with one attached hydrogen (secondary N) is 2. The van der Waals surface area contributed by atoms with Gasteiger partial charge in [-0.15, -0.1) is 0 Å². The van der Waals surface area contributed by atoms with Crippen LogP contribution in [-0.2, 0) is 6.42 Å². The van der Waals surface area contributed by atoms with Crippen molar-refractivity contribution >= 4 is 11.6 Å². The fourth-order valence-electron chi connectivity index (χ4n) is 1.78. The number of benzene rings is 1. The smallest absolute Gasteiger partial charge is 0.269 e. The lowest BCUT2D eigenvalue weighted by Gasteiger charge is -2.06. The zero-order chi connectivity index (χ0) is 14.4. The van der Waals surface area contributed by atoms with E-state index in [0.717, 1.165) is 11.3 Å². The fourth-order valence-corrected chi connectivity index (χ4v) is 1.78. The van der Waals surface area contributed by atoms with Crippen LogP contribution in [0.1, 0.15) is 16.1 Å². The van der Waals surface area contributed by atoms with E-state index in [1.165, 1.54) is 0 Å². The molecule has 1 heterocycles. The van der Waals surface area contributed by atoms with Crippen LogP contribution in [0.4, 0.5) is 5.69 Å². The fraction of sp³-hybridized carbons (Fsp3) is 0.200.